The number of nitrogens with one attached hydrogen (secondary N) is 2. The molecule has 272 valence electrons. The van der Waals surface area contributed by atoms with Gasteiger partial charge < -0.3 is 10.6 Å². The van der Waals surface area contributed by atoms with Crippen LogP contribution in [0, 0.1) is 63.1 Å². The largest absolute Gasteiger partial charge is 4.00 e. The first-order chi connectivity index (χ1) is 24.9. The molecule has 0 saturated heterocycles. The third-order valence-electron chi connectivity index (χ3n) is 7.89. The molecule has 0 saturated carbocycles. The molecular weight excluding hydrogens is 712 g/mol. The molecule has 0 aliphatic carbocycles. The maximum Gasteiger partial charge on any atom is 4.00 e. The van der Waals surface area contributed by atoms with Crippen molar-refractivity contribution >= 4 is 11.8 Å². The van der Waals surface area contributed by atoms with Crippen molar-refractivity contribution in [2.45, 2.75) is 40.5 Å². The zero-order valence-corrected chi connectivity index (χ0v) is 31.8. The predicted octanol–water partition coefficient (Wildman–Crippen LogP) is 9.52. The number of carbonyl (C=O) groups is 2. The molecule has 0 spiro atoms. The van der Waals surface area contributed by atoms with Gasteiger partial charge in [-0.15, -0.1) is 35.4 Å². The van der Waals surface area contributed by atoms with E-state index in [9.17, 15) is 27.2 Å². The number of carbonyl (C=O) groups excluding carboxylic acids is 2. The summed E-state index contributed by atoms with van der Waals surface area (Å²) in [5.41, 5.74) is 6.14. The molecule has 4 nitrogen and oxygen atoms in total. The molecule has 0 bridgehead atoms. The van der Waals surface area contributed by atoms with Crippen LogP contribution >= 0.6 is 0 Å². The van der Waals surface area contributed by atoms with E-state index in [0.29, 0.717) is 35.1 Å². The van der Waals surface area contributed by atoms with Gasteiger partial charge in [0.2, 0.25) is 0 Å². The van der Waals surface area contributed by atoms with Crippen LogP contribution in [0.1, 0.15) is 54.1 Å². The number of benzene rings is 4. The van der Waals surface area contributed by atoms with Gasteiger partial charge in [-0.1, -0.05) is 25.0 Å². The van der Waals surface area contributed by atoms with Crippen molar-refractivity contribution in [3.05, 3.63) is 201 Å². The Morgan fingerprint density at radius 3 is 1.19 bits per heavy atom. The standard InChI is InChI=1S/2C17H16F2NO.2C5H5.Ti/c2*1-11-3-4-14(9-12(11)2)17(21)20-8-7-13-5-6-15(18)10-16(13)19;2*1-2-4-5-3-1;/h2*3-6,9H,7-8H2,1-2H3,(H,20,21);2*1-5H;/q4*-1;+4. The molecule has 6 aromatic carbocycles. The van der Waals surface area contributed by atoms with Crippen LogP contribution in [0.4, 0.5) is 17.6 Å². The first kappa shape index (κ1) is 44.1. The molecule has 0 aliphatic heterocycles. The molecule has 0 atom stereocenters. The van der Waals surface area contributed by atoms with Crippen LogP contribution in [0.3, 0.4) is 0 Å². The molecule has 53 heavy (non-hydrogen) atoms. The van der Waals surface area contributed by atoms with Gasteiger partial charge in [-0.25, -0.2) is 41.8 Å². The normalized spacial score (nSPS) is 9.81. The van der Waals surface area contributed by atoms with Crippen LogP contribution in [-0.4, -0.2) is 24.9 Å². The van der Waals surface area contributed by atoms with Crippen LogP contribution in [-0.2, 0) is 34.6 Å². The molecule has 0 unspecified atom stereocenters. The summed E-state index contributed by atoms with van der Waals surface area (Å²) in [7, 11) is 0. The Hall–Kier alpha value is -5.05. The quantitative estimate of drug-likeness (QED) is 0.0925. The fourth-order valence-corrected chi connectivity index (χ4v) is 4.57. The summed E-state index contributed by atoms with van der Waals surface area (Å²) in [5.74, 6) is -3.29. The number of halogens is 4. The fraction of sp³-hybridized carbons (Fsp3) is 0.182. The third kappa shape index (κ3) is 16.0. The van der Waals surface area contributed by atoms with E-state index in [4.69, 9.17) is 0 Å². The van der Waals surface area contributed by atoms with Crippen LogP contribution in [0.25, 0.3) is 0 Å². The van der Waals surface area contributed by atoms with Crippen LogP contribution < -0.4 is 10.6 Å². The third-order valence-corrected chi connectivity index (χ3v) is 7.89. The van der Waals surface area contributed by atoms with Crippen molar-refractivity contribution < 1.29 is 48.9 Å². The van der Waals surface area contributed by atoms with E-state index in [1.165, 1.54) is 12.1 Å². The Bertz CT molecular complexity index is 1800. The molecular formula is C44H42F4N2O2Ti. The minimum atomic E-state index is -0.726. The van der Waals surface area contributed by atoms with Gasteiger partial charge in [0.25, 0.3) is 11.8 Å². The molecule has 6 rings (SSSR count). The second-order valence-corrected chi connectivity index (χ2v) is 11.8. The number of aryl methyl sites for hydroxylation is 4. The van der Waals surface area contributed by atoms with Gasteiger partial charge in [0.15, 0.2) is 0 Å². The van der Waals surface area contributed by atoms with Gasteiger partial charge in [-0.2, -0.15) is 48.5 Å². The molecule has 2 N–H and O–H groups in total. The average Bonchev–Trinajstić information content (AvgIpc) is 3.90. The minimum Gasteiger partial charge on any atom is -0.353 e. The van der Waals surface area contributed by atoms with Crippen molar-refractivity contribution in [3.8, 4) is 0 Å². The summed E-state index contributed by atoms with van der Waals surface area (Å²) >= 11 is 0. The SMILES string of the molecule is Cc1ccc(C(=O)NCCc2ccc(F)[c-]c2F)cc1C.Cc1ccc(C(=O)NCCc2ccc(F)[c-]c2F)cc1C.[Ti+4].c1cc[cH-]c1.c1cc[cH-]c1. The van der Waals surface area contributed by atoms with Crippen molar-refractivity contribution in [2.24, 2.45) is 0 Å². The predicted molar refractivity (Wildman–Crippen MR) is 198 cm³/mol. The van der Waals surface area contributed by atoms with Crippen LogP contribution in [0.15, 0.2) is 121 Å². The summed E-state index contributed by atoms with van der Waals surface area (Å²) in [6.45, 7) is 8.39. The van der Waals surface area contributed by atoms with E-state index in [1.807, 2.05) is 125 Å². The Morgan fingerprint density at radius 2 is 0.906 bits per heavy atom. The maximum absolute atomic E-state index is 13.4. The first-order valence-electron chi connectivity index (χ1n) is 16.7. The molecule has 0 radical (unpaired) electrons. The topological polar surface area (TPSA) is 58.2 Å². The molecule has 9 heteroatoms. The van der Waals surface area contributed by atoms with Crippen molar-refractivity contribution in [3.63, 3.8) is 0 Å². The molecule has 0 aromatic heterocycles. The fourth-order valence-electron chi connectivity index (χ4n) is 4.57. The van der Waals surface area contributed by atoms with Gasteiger partial charge in [-0.3, -0.25) is 9.59 Å². The smallest absolute Gasteiger partial charge is 0.353 e. The van der Waals surface area contributed by atoms with E-state index in [1.54, 1.807) is 12.1 Å². The van der Waals surface area contributed by atoms with Gasteiger partial charge in [-0.05, 0) is 74.2 Å². The van der Waals surface area contributed by atoms with E-state index in [0.717, 1.165) is 34.4 Å². The van der Waals surface area contributed by atoms with E-state index >= 15 is 0 Å². The second-order valence-electron chi connectivity index (χ2n) is 11.8. The molecule has 0 fully saturated rings. The number of hydrogen-bond donors (Lipinski definition) is 2. The molecule has 0 aliphatic rings. The van der Waals surface area contributed by atoms with Crippen molar-refractivity contribution in [1.29, 1.82) is 0 Å². The zero-order valence-electron chi connectivity index (χ0n) is 30.2. The molecule has 6 aromatic rings. The summed E-state index contributed by atoms with van der Waals surface area (Å²) in [6.07, 6.45) is 0.582. The Labute approximate surface area is 324 Å². The van der Waals surface area contributed by atoms with Crippen molar-refractivity contribution in [1.82, 2.24) is 10.6 Å². The Morgan fingerprint density at radius 1 is 0.547 bits per heavy atom. The van der Waals surface area contributed by atoms with Gasteiger partial charge in [0.05, 0.1) is 0 Å². The van der Waals surface area contributed by atoms with E-state index in [-0.39, 0.29) is 46.6 Å². The number of rotatable bonds is 8. The summed E-state index contributed by atoms with van der Waals surface area (Å²) in [6, 6.07) is 39.9. The van der Waals surface area contributed by atoms with Gasteiger partial charge in [0, 0.05) is 47.5 Å². The monoisotopic (exact) mass is 754 g/mol. The number of amides is 2. The second kappa shape index (κ2) is 23.5. The first-order valence-corrected chi connectivity index (χ1v) is 16.7. The zero-order chi connectivity index (χ0) is 37.9. The van der Waals surface area contributed by atoms with E-state index < -0.39 is 23.3 Å². The van der Waals surface area contributed by atoms with Gasteiger partial charge >= 0.3 is 21.7 Å². The van der Waals surface area contributed by atoms with E-state index in [2.05, 4.69) is 10.6 Å². The molecule has 2 amide bonds. The summed E-state index contributed by atoms with van der Waals surface area (Å²) in [4.78, 5) is 23.9. The Kier molecular flexibility index (Phi) is 19.6. The molecule has 0 heterocycles. The van der Waals surface area contributed by atoms with Crippen LogP contribution in [0.5, 0.6) is 0 Å². The average molecular weight is 755 g/mol. The van der Waals surface area contributed by atoms with Crippen LogP contribution in [0.2, 0.25) is 0 Å². The van der Waals surface area contributed by atoms with Gasteiger partial charge in [0.1, 0.15) is 0 Å². The summed E-state index contributed by atoms with van der Waals surface area (Å²) < 4.78 is 52.2. The Balaban J connectivity index is 0.000000285. The maximum atomic E-state index is 13.4. The van der Waals surface area contributed by atoms with Crippen molar-refractivity contribution in [2.75, 3.05) is 13.1 Å². The minimum absolute atomic E-state index is 0. The number of hydrogen-bond acceptors (Lipinski definition) is 2. The summed E-state index contributed by atoms with van der Waals surface area (Å²) in [5, 5.41) is 5.45.